The van der Waals surface area contributed by atoms with Crippen molar-refractivity contribution >= 4 is 0 Å². The van der Waals surface area contributed by atoms with Crippen LogP contribution in [-0.4, -0.2) is 48.8 Å². The predicted octanol–water partition coefficient (Wildman–Crippen LogP) is 1.22. The lowest BCUT2D eigenvalue weighted by molar-refractivity contribution is 0.137. The Morgan fingerprint density at radius 1 is 1.38 bits per heavy atom. The first-order chi connectivity index (χ1) is 7.69. The minimum absolute atomic E-state index is 0.00145. The van der Waals surface area contributed by atoms with Crippen LogP contribution in [0.3, 0.4) is 0 Å². The van der Waals surface area contributed by atoms with E-state index in [9.17, 15) is 5.11 Å². The van der Waals surface area contributed by atoms with Gasteiger partial charge in [-0.05, 0) is 52.1 Å². The highest BCUT2D eigenvalue weighted by Gasteiger charge is 2.39. The highest BCUT2D eigenvalue weighted by Crippen LogP contribution is 2.34. The standard InChI is InChI=1S/C13H26N2O/c1-14-13(10-16)7-6-12(8-13)15(2)9-11-4-3-5-11/h11-12,14,16H,3-10H2,1-2H3. The molecule has 0 aromatic rings. The van der Waals surface area contributed by atoms with Crippen molar-refractivity contribution in [3.63, 3.8) is 0 Å². The normalized spacial score (nSPS) is 35.6. The molecule has 0 aromatic heterocycles. The van der Waals surface area contributed by atoms with E-state index in [4.69, 9.17) is 0 Å². The minimum atomic E-state index is -0.00145. The summed E-state index contributed by atoms with van der Waals surface area (Å²) < 4.78 is 0. The SMILES string of the molecule is CNC1(CO)CCC(N(C)CC2CCC2)C1. The summed E-state index contributed by atoms with van der Waals surface area (Å²) in [5.74, 6) is 0.948. The molecule has 0 radical (unpaired) electrons. The molecular formula is C13H26N2O. The summed E-state index contributed by atoms with van der Waals surface area (Å²) in [6.07, 6.45) is 7.72. The number of nitrogens with one attached hydrogen (secondary N) is 1. The summed E-state index contributed by atoms with van der Waals surface area (Å²) in [7, 11) is 4.23. The van der Waals surface area contributed by atoms with Crippen LogP contribution in [0.1, 0.15) is 38.5 Å². The Bertz CT molecular complexity index is 224. The second kappa shape index (κ2) is 5.03. The third-order valence-electron chi connectivity index (χ3n) is 4.81. The predicted molar refractivity (Wildman–Crippen MR) is 66.5 cm³/mol. The van der Waals surface area contributed by atoms with E-state index in [0.717, 1.165) is 18.8 Å². The van der Waals surface area contributed by atoms with Gasteiger partial charge in [-0.2, -0.15) is 0 Å². The van der Waals surface area contributed by atoms with Crippen LogP contribution in [0.4, 0.5) is 0 Å². The molecule has 3 nitrogen and oxygen atoms in total. The third kappa shape index (κ3) is 2.41. The Kier molecular flexibility index (Phi) is 3.88. The maximum absolute atomic E-state index is 9.47. The highest BCUT2D eigenvalue weighted by atomic mass is 16.3. The highest BCUT2D eigenvalue weighted by molar-refractivity contribution is 4.98. The maximum Gasteiger partial charge on any atom is 0.0613 e. The fourth-order valence-corrected chi connectivity index (χ4v) is 3.16. The van der Waals surface area contributed by atoms with Gasteiger partial charge in [-0.1, -0.05) is 6.42 Å². The quantitative estimate of drug-likeness (QED) is 0.740. The van der Waals surface area contributed by atoms with E-state index in [-0.39, 0.29) is 12.1 Å². The number of hydrogen-bond donors (Lipinski definition) is 2. The van der Waals surface area contributed by atoms with Crippen LogP contribution in [0.25, 0.3) is 0 Å². The Morgan fingerprint density at radius 3 is 2.56 bits per heavy atom. The van der Waals surface area contributed by atoms with Gasteiger partial charge in [-0.25, -0.2) is 0 Å². The molecule has 0 aromatic carbocycles. The molecule has 3 heteroatoms. The van der Waals surface area contributed by atoms with Gasteiger partial charge in [0.15, 0.2) is 0 Å². The number of aliphatic hydroxyl groups excluding tert-OH is 1. The second-order valence-electron chi connectivity index (χ2n) is 5.82. The molecule has 0 heterocycles. The van der Waals surface area contributed by atoms with E-state index in [0.29, 0.717) is 6.04 Å². The van der Waals surface area contributed by atoms with Crippen molar-refractivity contribution in [2.24, 2.45) is 5.92 Å². The van der Waals surface area contributed by atoms with E-state index < -0.39 is 0 Å². The molecule has 2 aliphatic carbocycles. The van der Waals surface area contributed by atoms with Gasteiger partial charge in [-0.3, -0.25) is 0 Å². The van der Waals surface area contributed by atoms with Crippen molar-refractivity contribution in [1.29, 1.82) is 0 Å². The van der Waals surface area contributed by atoms with Crippen LogP contribution in [0.15, 0.2) is 0 Å². The topological polar surface area (TPSA) is 35.5 Å². The summed E-state index contributed by atoms with van der Waals surface area (Å²) in [4.78, 5) is 2.53. The van der Waals surface area contributed by atoms with Crippen molar-refractivity contribution in [3.05, 3.63) is 0 Å². The monoisotopic (exact) mass is 226 g/mol. The molecule has 16 heavy (non-hydrogen) atoms. The largest absolute Gasteiger partial charge is 0.394 e. The maximum atomic E-state index is 9.47. The van der Waals surface area contributed by atoms with E-state index in [1.807, 2.05) is 7.05 Å². The second-order valence-corrected chi connectivity index (χ2v) is 5.82. The zero-order chi connectivity index (χ0) is 11.6. The lowest BCUT2D eigenvalue weighted by Gasteiger charge is -2.34. The average molecular weight is 226 g/mol. The fraction of sp³-hybridized carbons (Fsp3) is 1.00. The fourth-order valence-electron chi connectivity index (χ4n) is 3.16. The summed E-state index contributed by atoms with van der Waals surface area (Å²) in [6, 6.07) is 0.667. The summed E-state index contributed by atoms with van der Waals surface area (Å²) >= 11 is 0. The van der Waals surface area contributed by atoms with Crippen molar-refractivity contribution in [2.75, 3.05) is 27.2 Å². The van der Waals surface area contributed by atoms with Crippen molar-refractivity contribution in [2.45, 2.75) is 50.1 Å². The molecule has 0 saturated heterocycles. The first kappa shape index (κ1) is 12.3. The van der Waals surface area contributed by atoms with Crippen LogP contribution in [-0.2, 0) is 0 Å². The molecule has 2 aliphatic rings. The van der Waals surface area contributed by atoms with Crippen molar-refractivity contribution < 1.29 is 5.11 Å². The smallest absolute Gasteiger partial charge is 0.0613 e. The first-order valence-electron chi connectivity index (χ1n) is 6.69. The lowest BCUT2D eigenvalue weighted by Crippen LogP contribution is -2.46. The van der Waals surface area contributed by atoms with Gasteiger partial charge in [0.2, 0.25) is 0 Å². The molecule has 2 saturated carbocycles. The van der Waals surface area contributed by atoms with E-state index in [1.54, 1.807) is 0 Å². The Hall–Kier alpha value is -0.120. The lowest BCUT2D eigenvalue weighted by atomic mass is 9.85. The number of aliphatic hydroxyl groups is 1. The molecule has 0 aliphatic heterocycles. The van der Waals surface area contributed by atoms with Crippen LogP contribution in [0, 0.1) is 5.92 Å². The van der Waals surface area contributed by atoms with Crippen LogP contribution >= 0.6 is 0 Å². The molecule has 0 spiro atoms. The van der Waals surface area contributed by atoms with Crippen molar-refractivity contribution in [1.82, 2.24) is 10.2 Å². The van der Waals surface area contributed by atoms with Gasteiger partial charge < -0.3 is 15.3 Å². The van der Waals surface area contributed by atoms with Gasteiger partial charge in [0.25, 0.3) is 0 Å². The number of likely N-dealkylation sites (N-methyl/N-ethyl adjacent to an activating group) is 1. The first-order valence-corrected chi connectivity index (χ1v) is 6.69. The van der Waals surface area contributed by atoms with Crippen LogP contribution in [0.2, 0.25) is 0 Å². The molecule has 2 unspecified atom stereocenters. The molecule has 0 bridgehead atoms. The van der Waals surface area contributed by atoms with Crippen LogP contribution in [0.5, 0.6) is 0 Å². The molecule has 2 N–H and O–H groups in total. The summed E-state index contributed by atoms with van der Waals surface area (Å²) in [5.41, 5.74) is -0.00145. The van der Waals surface area contributed by atoms with Crippen molar-refractivity contribution in [3.8, 4) is 0 Å². The molecule has 2 atom stereocenters. The van der Waals surface area contributed by atoms with Gasteiger partial charge in [0, 0.05) is 18.1 Å². The minimum Gasteiger partial charge on any atom is -0.394 e. The third-order valence-corrected chi connectivity index (χ3v) is 4.81. The number of hydrogen-bond acceptors (Lipinski definition) is 3. The molecule has 2 rings (SSSR count). The molecule has 2 fully saturated rings. The van der Waals surface area contributed by atoms with Gasteiger partial charge >= 0.3 is 0 Å². The van der Waals surface area contributed by atoms with Crippen LogP contribution < -0.4 is 5.32 Å². The molecule has 94 valence electrons. The number of rotatable bonds is 5. The summed E-state index contributed by atoms with van der Waals surface area (Å²) in [6.45, 7) is 1.53. The molecule has 0 amide bonds. The van der Waals surface area contributed by atoms with Gasteiger partial charge in [0.05, 0.1) is 6.61 Å². The summed E-state index contributed by atoms with van der Waals surface area (Å²) in [5, 5.41) is 12.8. The average Bonchev–Trinajstić information content (AvgIpc) is 2.68. The Morgan fingerprint density at radius 2 is 2.12 bits per heavy atom. The van der Waals surface area contributed by atoms with E-state index in [2.05, 4.69) is 17.3 Å². The number of nitrogens with zero attached hydrogens (tertiary/aromatic N) is 1. The van der Waals surface area contributed by atoms with E-state index in [1.165, 1.54) is 32.2 Å². The zero-order valence-corrected chi connectivity index (χ0v) is 10.7. The van der Waals surface area contributed by atoms with E-state index >= 15 is 0 Å². The Balaban J connectivity index is 1.82. The van der Waals surface area contributed by atoms with Gasteiger partial charge in [-0.15, -0.1) is 0 Å². The Labute approximate surface area is 99.2 Å². The zero-order valence-electron chi connectivity index (χ0n) is 10.7. The van der Waals surface area contributed by atoms with Gasteiger partial charge in [0.1, 0.15) is 0 Å². The molecular weight excluding hydrogens is 200 g/mol.